The largest absolute Gasteiger partial charge is 0.483 e. The van der Waals surface area contributed by atoms with Gasteiger partial charge in [0.1, 0.15) is 12.3 Å². The second-order valence-electron chi connectivity index (χ2n) is 7.69. The quantitative estimate of drug-likeness (QED) is 0.339. The molecule has 0 aliphatic carbocycles. The highest BCUT2D eigenvalue weighted by atomic mass is 35.5. The summed E-state index contributed by atoms with van der Waals surface area (Å²) in [7, 11) is 0. The van der Waals surface area contributed by atoms with Crippen LogP contribution < -0.4 is 9.64 Å². The van der Waals surface area contributed by atoms with Gasteiger partial charge in [0.2, 0.25) is 5.91 Å². The van der Waals surface area contributed by atoms with Gasteiger partial charge >= 0.3 is 0 Å². The molecule has 6 heteroatoms. The number of para-hydroxylation sites is 3. The van der Waals surface area contributed by atoms with Crippen molar-refractivity contribution in [3.8, 4) is 5.75 Å². The van der Waals surface area contributed by atoms with Crippen LogP contribution in [0.1, 0.15) is 31.3 Å². The van der Waals surface area contributed by atoms with E-state index in [2.05, 4.69) is 0 Å². The van der Waals surface area contributed by atoms with Crippen molar-refractivity contribution in [2.45, 2.75) is 33.4 Å². The van der Waals surface area contributed by atoms with E-state index in [-0.39, 0.29) is 18.6 Å². The molecule has 0 N–H and O–H groups in total. The number of aryl methyl sites for hydroxylation is 1. The van der Waals surface area contributed by atoms with Gasteiger partial charge in [0, 0.05) is 17.3 Å². The molecular formula is C26H26ClN3O2. The van der Waals surface area contributed by atoms with Gasteiger partial charge in [-0.2, -0.15) is 0 Å². The number of amides is 1. The highest BCUT2D eigenvalue weighted by molar-refractivity contribution is 6.31. The highest BCUT2D eigenvalue weighted by Crippen LogP contribution is 2.28. The summed E-state index contributed by atoms with van der Waals surface area (Å²) in [4.78, 5) is 19.9. The van der Waals surface area contributed by atoms with Gasteiger partial charge in [0.15, 0.2) is 11.9 Å². The Morgan fingerprint density at radius 3 is 2.53 bits per heavy atom. The fourth-order valence-corrected chi connectivity index (χ4v) is 3.97. The Balaban J connectivity index is 1.66. The van der Waals surface area contributed by atoms with E-state index >= 15 is 0 Å². The first-order valence-electron chi connectivity index (χ1n) is 10.7. The normalized spacial score (nSPS) is 12.0. The van der Waals surface area contributed by atoms with Crippen LogP contribution in [0.3, 0.4) is 0 Å². The third-order valence-electron chi connectivity index (χ3n) is 5.47. The summed E-state index contributed by atoms with van der Waals surface area (Å²) in [5, 5.41) is 0.698. The van der Waals surface area contributed by atoms with Gasteiger partial charge in [-0.05, 0) is 68.8 Å². The van der Waals surface area contributed by atoms with Crippen LogP contribution in [0, 0.1) is 6.92 Å². The van der Waals surface area contributed by atoms with Crippen molar-refractivity contribution in [1.82, 2.24) is 9.55 Å². The molecule has 4 rings (SSSR count). The molecule has 32 heavy (non-hydrogen) atoms. The number of imidazole rings is 1. The molecule has 0 aliphatic rings. The average Bonchev–Trinajstić information content (AvgIpc) is 3.16. The van der Waals surface area contributed by atoms with E-state index in [9.17, 15) is 4.79 Å². The molecule has 0 aliphatic heterocycles. The standard InChI is InChI=1S/C26H26ClN3O2/c1-4-29(20-10-6-5-7-11-20)25(31)17-30-24-13-9-8-12-23(24)28-26(30)19(3)32-21-14-15-22(27)18(2)16-21/h5-16,19H,4,17H2,1-3H3. The topological polar surface area (TPSA) is 47.4 Å². The van der Waals surface area contributed by atoms with Crippen LogP contribution in [-0.4, -0.2) is 22.0 Å². The number of halogens is 1. The third-order valence-corrected chi connectivity index (χ3v) is 5.89. The summed E-state index contributed by atoms with van der Waals surface area (Å²) >= 11 is 6.15. The minimum atomic E-state index is -0.359. The van der Waals surface area contributed by atoms with Crippen molar-refractivity contribution in [3.05, 3.63) is 89.2 Å². The van der Waals surface area contributed by atoms with Crippen LogP contribution in [0.15, 0.2) is 72.8 Å². The second-order valence-corrected chi connectivity index (χ2v) is 8.10. The van der Waals surface area contributed by atoms with Gasteiger partial charge in [0.05, 0.1) is 11.0 Å². The van der Waals surface area contributed by atoms with Gasteiger partial charge in [-0.25, -0.2) is 4.98 Å². The molecule has 1 amide bonds. The number of nitrogens with zero attached hydrogens (tertiary/aromatic N) is 3. The van der Waals surface area contributed by atoms with E-state index in [1.165, 1.54) is 0 Å². The molecule has 0 radical (unpaired) electrons. The summed E-state index contributed by atoms with van der Waals surface area (Å²) in [6.45, 7) is 6.62. The lowest BCUT2D eigenvalue weighted by Crippen LogP contribution is -2.34. The molecule has 1 heterocycles. The Hall–Kier alpha value is -3.31. The van der Waals surface area contributed by atoms with Gasteiger partial charge < -0.3 is 14.2 Å². The van der Waals surface area contributed by atoms with Gasteiger partial charge in [-0.15, -0.1) is 0 Å². The first kappa shape index (κ1) is 21.9. The summed E-state index contributed by atoms with van der Waals surface area (Å²) in [5.74, 6) is 1.41. The zero-order chi connectivity index (χ0) is 22.7. The number of hydrogen-bond donors (Lipinski definition) is 0. The minimum Gasteiger partial charge on any atom is -0.483 e. The van der Waals surface area contributed by atoms with Crippen LogP contribution in [0.25, 0.3) is 11.0 Å². The highest BCUT2D eigenvalue weighted by Gasteiger charge is 2.22. The average molecular weight is 448 g/mol. The third kappa shape index (κ3) is 4.48. The molecule has 4 aromatic rings. The van der Waals surface area contributed by atoms with Crippen LogP contribution in [0.4, 0.5) is 5.69 Å². The molecule has 1 aromatic heterocycles. The van der Waals surface area contributed by atoms with Crippen molar-refractivity contribution >= 4 is 34.2 Å². The molecule has 0 spiro atoms. The monoisotopic (exact) mass is 447 g/mol. The molecule has 164 valence electrons. The van der Waals surface area contributed by atoms with E-state index in [4.69, 9.17) is 21.3 Å². The lowest BCUT2D eigenvalue weighted by atomic mass is 10.2. The summed E-state index contributed by atoms with van der Waals surface area (Å²) in [6, 6.07) is 23.1. The van der Waals surface area contributed by atoms with Crippen LogP contribution >= 0.6 is 11.6 Å². The van der Waals surface area contributed by atoms with Crippen molar-refractivity contribution in [2.24, 2.45) is 0 Å². The fraction of sp³-hybridized carbons (Fsp3) is 0.231. The van der Waals surface area contributed by atoms with E-state index in [0.717, 1.165) is 22.3 Å². The van der Waals surface area contributed by atoms with Crippen molar-refractivity contribution < 1.29 is 9.53 Å². The molecule has 0 saturated heterocycles. The zero-order valence-corrected chi connectivity index (χ0v) is 19.2. The number of carbonyl (C=O) groups is 1. The number of likely N-dealkylation sites (N-methyl/N-ethyl adjacent to an activating group) is 1. The summed E-state index contributed by atoms with van der Waals surface area (Å²) in [6.07, 6.45) is -0.359. The predicted molar refractivity (Wildman–Crippen MR) is 129 cm³/mol. The van der Waals surface area contributed by atoms with E-state index in [1.807, 2.05) is 98.1 Å². The van der Waals surface area contributed by atoms with Crippen molar-refractivity contribution in [3.63, 3.8) is 0 Å². The van der Waals surface area contributed by atoms with Gasteiger partial charge in [-0.3, -0.25) is 4.79 Å². The number of carbonyl (C=O) groups excluding carboxylic acids is 1. The lowest BCUT2D eigenvalue weighted by Gasteiger charge is -2.23. The van der Waals surface area contributed by atoms with E-state index in [0.29, 0.717) is 23.1 Å². The van der Waals surface area contributed by atoms with E-state index < -0.39 is 0 Å². The Morgan fingerprint density at radius 2 is 1.81 bits per heavy atom. The maximum Gasteiger partial charge on any atom is 0.246 e. The molecule has 0 bridgehead atoms. The zero-order valence-electron chi connectivity index (χ0n) is 18.5. The Morgan fingerprint density at radius 1 is 1.09 bits per heavy atom. The van der Waals surface area contributed by atoms with Crippen LogP contribution in [-0.2, 0) is 11.3 Å². The maximum atomic E-state index is 13.3. The molecule has 3 aromatic carbocycles. The predicted octanol–water partition coefficient (Wildman–Crippen LogP) is 6.19. The smallest absolute Gasteiger partial charge is 0.246 e. The second kappa shape index (κ2) is 9.45. The molecule has 0 fully saturated rings. The molecule has 0 saturated carbocycles. The Labute approximate surface area is 193 Å². The van der Waals surface area contributed by atoms with Crippen LogP contribution in [0.5, 0.6) is 5.75 Å². The summed E-state index contributed by atoms with van der Waals surface area (Å²) in [5.41, 5.74) is 3.57. The van der Waals surface area contributed by atoms with Crippen LogP contribution in [0.2, 0.25) is 5.02 Å². The molecule has 1 unspecified atom stereocenters. The minimum absolute atomic E-state index is 0.00218. The van der Waals surface area contributed by atoms with E-state index in [1.54, 1.807) is 4.90 Å². The maximum absolute atomic E-state index is 13.3. The number of anilines is 1. The Kier molecular flexibility index (Phi) is 6.47. The van der Waals surface area contributed by atoms with Gasteiger partial charge in [0.25, 0.3) is 0 Å². The first-order chi connectivity index (χ1) is 15.5. The number of fused-ring (bicyclic) bond motifs is 1. The number of aromatic nitrogens is 2. The first-order valence-corrected chi connectivity index (χ1v) is 11.1. The van der Waals surface area contributed by atoms with Crippen molar-refractivity contribution in [1.29, 1.82) is 0 Å². The van der Waals surface area contributed by atoms with Gasteiger partial charge in [-0.1, -0.05) is 41.9 Å². The SMILES string of the molecule is CCN(C(=O)Cn1c(C(C)Oc2ccc(Cl)c(C)c2)nc2ccccc21)c1ccccc1. The van der Waals surface area contributed by atoms with Crippen molar-refractivity contribution in [2.75, 3.05) is 11.4 Å². The fourth-order valence-electron chi connectivity index (χ4n) is 3.85. The number of hydrogen-bond acceptors (Lipinski definition) is 3. The molecule has 5 nitrogen and oxygen atoms in total. The molecule has 1 atom stereocenters. The Bertz CT molecular complexity index is 1240. The number of rotatable bonds is 7. The molecular weight excluding hydrogens is 422 g/mol. The lowest BCUT2D eigenvalue weighted by molar-refractivity contribution is -0.119. The number of benzene rings is 3. The number of ether oxygens (including phenoxy) is 1. The summed E-state index contributed by atoms with van der Waals surface area (Å²) < 4.78 is 8.15.